The van der Waals surface area contributed by atoms with Crippen molar-refractivity contribution in [2.24, 2.45) is 0 Å². The molecule has 1 unspecified atom stereocenters. The summed E-state index contributed by atoms with van der Waals surface area (Å²) in [6.45, 7) is 5.43. The molecule has 1 atom stereocenters. The van der Waals surface area contributed by atoms with Crippen molar-refractivity contribution in [1.29, 1.82) is 5.26 Å². The first-order chi connectivity index (χ1) is 14.1. The predicted molar refractivity (Wildman–Crippen MR) is 118 cm³/mol. The van der Waals surface area contributed by atoms with Crippen LogP contribution in [0, 0.1) is 18.3 Å². The molecule has 5 nitrogen and oxygen atoms in total. The van der Waals surface area contributed by atoms with Crippen LogP contribution < -0.4 is 5.56 Å². The zero-order valence-corrected chi connectivity index (χ0v) is 18.2. The Bertz CT molecular complexity index is 1140. The van der Waals surface area contributed by atoms with Crippen molar-refractivity contribution in [3.63, 3.8) is 0 Å². The van der Waals surface area contributed by atoms with Crippen LogP contribution >= 0.6 is 23.1 Å². The van der Waals surface area contributed by atoms with E-state index in [1.54, 1.807) is 15.9 Å². The van der Waals surface area contributed by atoms with E-state index in [1.807, 2.05) is 24.3 Å². The number of hydrogen-bond acceptors (Lipinski definition) is 6. The molecule has 1 saturated heterocycles. The van der Waals surface area contributed by atoms with E-state index in [9.17, 15) is 10.1 Å². The number of thioether (sulfide) groups is 1. The molecule has 0 saturated carbocycles. The number of hydrogen-bond donors (Lipinski definition) is 0. The summed E-state index contributed by atoms with van der Waals surface area (Å²) >= 11 is 3.11. The first kappa shape index (κ1) is 20.1. The SMILES string of the molecule is CCc1c(C)sc2nc(SCc3ccccc3C#N)n(CC3CCCO3)c(=O)c12. The highest BCUT2D eigenvalue weighted by atomic mass is 32.2. The number of aryl methyl sites for hydroxylation is 2. The normalized spacial score (nSPS) is 16.4. The Hall–Kier alpha value is -2.14. The van der Waals surface area contributed by atoms with Crippen LogP contribution in [0.15, 0.2) is 34.2 Å². The molecule has 3 heterocycles. The lowest BCUT2D eigenvalue weighted by Crippen LogP contribution is -2.29. The number of aromatic nitrogens is 2. The van der Waals surface area contributed by atoms with Gasteiger partial charge < -0.3 is 4.74 Å². The Morgan fingerprint density at radius 1 is 1.41 bits per heavy atom. The van der Waals surface area contributed by atoms with Crippen molar-refractivity contribution in [3.8, 4) is 6.07 Å². The largest absolute Gasteiger partial charge is 0.376 e. The third-order valence-electron chi connectivity index (χ3n) is 5.34. The summed E-state index contributed by atoms with van der Waals surface area (Å²) in [6, 6.07) is 9.82. The van der Waals surface area contributed by atoms with Crippen LogP contribution in [0.2, 0.25) is 0 Å². The summed E-state index contributed by atoms with van der Waals surface area (Å²) in [5.74, 6) is 0.595. The maximum absolute atomic E-state index is 13.5. The van der Waals surface area contributed by atoms with Crippen LogP contribution in [-0.4, -0.2) is 22.3 Å². The third-order valence-corrected chi connectivity index (χ3v) is 7.40. The first-order valence-corrected chi connectivity index (χ1v) is 11.7. The summed E-state index contributed by atoms with van der Waals surface area (Å²) in [6.07, 6.45) is 2.88. The monoisotopic (exact) mass is 425 g/mol. The topological polar surface area (TPSA) is 67.9 Å². The molecule has 1 aliphatic heterocycles. The average Bonchev–Trinajstić information content (AvgIpc) is 3.35. The van der Waals surface area contributed by atoms with Gasteiger partial charge in [0.1, 0.15) is 4.83 Å². The molecule has 7 heteroatoms. The molecule has 0 amide bonds. The standard InChI is InChI=1S/C22H23N3O2S2/c1-3-18-14(2)29-20-19(18)21(26)25(12-17-9-6-10-27-17)22(24-20)28-13-16-8-5-4-7-15(16)11-23/h4-5,7-8,17H,3,6,9-10,12-13H2,1-2H3. The lowest BCUT2D eigenvalue weighted by atomic mass is 10.1. The van der Waals surface area contributed by atoms with E-state index >= 15 is 0 Å². The molecular weight excluding hydrogens is 402 g/mol. The molecule has 1 aromatic carbocycles. The van der Waals surface area contributed by atoms with Gasteiger partial charge in [-0.15, -0.1) is 11.3 Å². The quantitative estimate of drug-likeness (QED) is 0.424. The maximum Gasteiger partial charge on any atom is 0.263 e. The summed E-state index contributed by atoms with van der Waals surface area (Å²) in [5.41, 5.74) is 2.75. The lowest BCUT2D eigenvalue weighted by Gasteiger charge is -2.16. The van der Waals surface area contributed by atoms with E-state index in [-0.39, 0.29) is 11.7 Å². The number of ether oxygens (including phenoxy) is 1. The van der Waals surface area contributed by atoms with Crippen molar-refractivity contribution in [2.75, 3.05) is 6.61 Å². The summed E-state index contributed by atoms with van der Waals surface area (Å²) in [5, 5.41) is 10.8. The second-order valence-electron chi connectivity index (χ2n) is 7.17. The van der Waals surface area contributed by atoms with Gasteiger partial charge in [0.15, 0.2) is 5.16 Å². The first-order valence-electron chi connectivity index (χ1n) is 9.87. The highest BCUT2D eigenvalue weighted by Crippen LogP contribution is 2.31. The fraction of sp³-hybridized carbons (Fsp3) is 0.409. The van der Waals surface area contributed by atoms with E-state index in [1.165, 1.54) is 11.8 Å². The zero-order valence-electron chi connectivity index (χ0n) is 16.6. The minimum absolute atomic E-state index is 0.0303. The van der Waals surface area contributed by atoms with Gasteiger partial charge in [-0.2, -0.15) is 5.26 Å². The molecule has 1 aliphatic rings. The van der Waals surface area contributed by atoms with E-state index in [2.05, 4.69) is 19.9 Å². The summed E-state index contributed by atoms with van der Waals surface area (Å²) in [4.78, 5) is 20.3. The van der Waals surface area contributed by atoms with Crippen LogP contribution in [0.1, 0.15) is 41.3 Å². The highest BCUT2D eigenvalue weighted by Gasteiger charge is 2.22. The van der Waals surface area contributed by atoms with Gasteiger partial charge in [-0.05, 0) is 43.4 Å². The molecule has 0 spiro atoms. The second kappa shape index (κ2) is 8.70. The molecule has 29 heavy (non-hydrogen) atoms. The summed E-state index contributed by atoms with van der Waals surface area (Å²) < 4.78 is 7.60. The van der Waals surface area contributed by atoms with Gasteiger partial charge in [0.05, 0.1) is 29.7 Å². The van der Waals surface area contributed by atoms with Crippen LogP contribution in [0.25, 0.3) is 10.2 Å². The van der Waals surface area contributed by atoms with Crippen molar-refractivity contribution >= 4 is 33.3 Å². The van der Waals surface area contributed by atoms with Crippen molar-refractivity contribution in [1.82, 2.24) is 9.55 Å². The molecule has 0 bridgehead atoms. The van der Waals surface area contributed by atoms with Crippen molar-refractivity contribution in [2.45, 2.75) is 56.7 Å². The fourth-order valence-electron chi connectivity index (χ4n) is 3.82. The van der Waals surface area contributed by atoms with E-state index in [4.69, 9.17) is 9.72 Å². The molecule has 3 aromatic rings. The minimum atomic E-state index is 0.0303. The molecule has 0 N–H and O–H groups in total. The third kappa shape index (κ3) is 3.97. The van der Waals surface area contributed by atoms with Gasteiger partial charge in [0.25, 0.3) is 5.56 Å². The maximum atomic E-state index is 13.5. The number of thiophene rings is 1. The fourth-order valence-corrected chi connectivity index (χ4v) is 5.99. The predicted octanol–water partition coefficient (Wildman–Crippen LogP) is 4.67. The highest BCUT2D eigenvalue weighted by molar-refractivity contribution is 7.98. The van der Waals surface area contributed by atoms with E-state index < -0.39 is 0 Å². The molecule has 0 radical (unpaired) electrons. The Kier molecular flexibility index (Phi) is 6.04. The van der Waals surface area contributed by atoms with Gasteiger partial charge in [0, 0.05) is 17.2 Å². The molecule has 150 valence electrons. The van der Waals surface area contributed by atoms with Gasteiger partial charge in [-0.1, -0.05) is 36.9 Å². The lowest BCUT2D eigenvalue weighted by molar-refractivity contribution is 0.0937. The summed E-state index contributed by atoms with van der Waals surface area (Å²) in [7, 11) is 0. The Morgan fingerprint density at radius 2 is 2.24 bits per heavy atom. The van der Waals surface area contributed by atoms with Crippen LogP contribution in [0.5, 0.6) is 0 Å². The van der Waals surface area contributed by atoms with Crippen LogP contribution in [0.4, 0.5) is 0 Å². The van der Waals surface area contributed by atoms with Gasteiger partial charge in [-0.3, -0.25) is 9.36 Å². The van der Waals surface area contributed by atoms with Gasteiger partial charge >= 0.3 is 0 Å². The zero-order chi connectivity index (χ0) is 20.4. The second-order valence-corrected chi connectivity index (χ2v) is 9.32. The molecule has 2 aromatic heterocycles. The molecule has 0 aliphatic carbocycles. The molecular formula is C22H23N3O2S2. The number of benzene rings is 1. The van der Waals surface area contributed by atoms with Crippen LogP contribution in [-0.2, 0) is 23.5 Å². The Labute approximate surface area is 178 Å². The smallest absolute Gasteiger partial charge is 0.263 e. The number of fused-ring (bicyclic) bond motifs is 1. The van der Waals surface area contributed by atoms with Crippen molar-refractivity contribution in [3.05, 3.63) is 56.2 Å². The van der Waals surface area contributed by atoms with E-state index in [0.717, 1.165) is 52.1 Å². The number of nitrogens with zero attached hydrogens (tertiary/aromatic N) is 3. The number of nitriles is 1. The molecule has 1 fully saturated rings. The average molecular weight is 426 g/mol. The van der Waals surface area contributed by atoms with Gasteiger partial charge in [0.2, 0.25) is 0 Å². The van der Waals surface area contributed by atoms with Gasteiger partial charge in [-0.25, -0.2) is 4.98 Å². The number of rotatable bonds is 6. The van der Waals surface area contributed by atoms with E-state index in [0.29, 0.717) is 23.0 Å². The Balaban J connectivity index is 1.76. The van der Waals surface area contributed by atoms with Crippen molar-refractivity contribution < 1.29 is 4.74 Å². The minimum Gasteiger partial charge on any atom is -0.376 e. The van der Waals surface area contributed by atoms with Crippen LogP contribution in [0.3, 0.4) is 0 Å². The Morgan fingerprint density at radius 3 is 2.97 bits per heavy atom. The molecule has 4 rings (SSSR count).